The Balaban J connectivity index is 3.97. The molecule has 0 unspecified atom stereocenters. The molecule has 0 aromatic rings. The number of esters is 2. The Labute approximate surface area is 147 Å². The van der Waals surface area contributed by atoms with Crippen molar-refractivity contribution in [2.75, 3.05) is 19.8 Å². The van der Waals surface area contributed by atoms with Crippen LogP contribution >= 0.6 is 0 Å². The first-order valence-electron chi connectivity index (χ1n) is 9.48. The van der Waals surface area contributed by atoms with Gasteiger partial charge in [0, 0.05) is 24.8 Å². The van der Waals surface area contributed by atoms with Gasteiger partial charge >= 0.3 is 11.9 Å². The summed E-state index contributed by atoms with van der Waals surface area (Å²) in [7, 11) is 0. The molecule has 0 heterocycles. The molecule has 0 spiro atoms. The number of nitrogens with two attached hydrogens (primary N) is 1. The van der Waals surface area contributed by atoms with Gasteiger partial charge in [-0.3, -0.25) is 9.59 Å². The second-order valence-electron chi connectivity index (χ2n) is 6.96. The van der Waals surface area contributed by atoms with E-state index in [1.54, 1.807) is 0 Å². The van der Waals surface area contributed by atoms with Crippen molar-refractivity contribution in [3.8, 4) is 0 Å². The van der Waals surface area contributed by atoms with Gasteiger partial charge in [-0.25, -0.2) is 0 Å². The van der Waals surface area contributed by atoms with Crippen molar-refractivity contribution in [1.29, 1.82) is 0 Å². The molecule has 0 bridgehead atoms. The van der Waals surface area contributed by atoms with Gasteiger partial charge in [-0.1, -0.05) is 59.3 Å². The minimum absolute atomic E-state index is 0.194. The van der Waals surface area contributed by atoms with Gasteiger partial charge in [0.15, 0.2) is 0 Å². The fourth-order valence-electron chi connectivity index (χ4n) is 2.21. The van der Waals surface area contributed by atoms with E-state index in [1.807, 2.05) is 6.92 Å². The lowest BCUT2D eigenvalue weighted by atomic mass is 9.93. The van der Waals surface area contributed by atoms with E-state index >= 15 is 0 Å². The summed E-state index contributed by atoms with van der Waals surface area (Å²) in [5.41, 5.74) is 5.26. The lowest BCUT2D eigenvalue weighted by Gasteiger charge is -2.26. The van der Waals surface area contributed by atoms with Gasteiger partial charge in [-0.2, -0.15) is 0 Å². The summed E-state index contributed by atoms with van der Waals surface area (Å²) in [5, 5.41) is 0. The summed E-state index contributed by atoms with van der Waals surface area (Å²) in [6, 6.07) is 0. The van der Waals surface area contributed by atoms with Crippen molar-refractivity contribution in [2.24, 2.45) is 11.1 Å². The van der Waals surface area contributed by atoms with Gasteiger partial charge < -0.3 is 15.2 Å². The summed E-state index contributed by atoms with van der Waals surface area (Å²) in [6.45, 7) is 6.84. The van der Waals surface area contributed by atoms with Crippen LogP contribution in [0.3, 0.4) is 0 Å². The number of unbranched alkanes of at least 4 members (excludes halogenated alkanes) is 6. The Morgan fingerprint density at radius 1 is 0.792 bits per heavy atom. The lowest BCUT2D eigenvalue weighted by Crippen LogP contribution is -2.38. The topological polar surface area (TPSA) is 78.6 Å². The van der Waals surface area contributed by atoms with Crippen molar-refractivity contribution in [3.05, 3.63) is 0 Å². The Bertz CT molecular complexity index is 316. The van der Waals surface area contributed by atoms with Crippen LogP contribution in [0.1, 0.15) is 85.0 Å². The molecule has 0 aliphatic rings. The van der Waals surface area contributed by atoms with E-state index in [-0.39, 0.29) is 25.2 Å². The summed E-state index contributed by atoms with van der Waals surface area (Å²) < 4.78 is 10.6. The summed E-state index contributed by atoms with van der Waals surface area (Å²) in [5.74, 6) is -0.395. The number of ether oxygens (including phenoxy) is 2. The van der Waals surface area contributed by atoms with E-state index in [4.69, 9.17) is 15.2 Å². The monoisotopic (exact) mass is 343 g/mol. The first-order valence-corrected chi connectivity index (χ1v) is 9.48. The third kappa shape index (κ3) is 12.3. The van der Waals surface area contributed by atoms with Crippen molar-refractivity contribution in [2.45, 2.75) is 85.0 Å². The molecule has 0 atom stereocenters. The Morgan fingerprint density at radius 3 is 1.54 bits per heavy atom. The lowest BCUT2D eigenvalue weighted by molar-refractivity contribution is -0.153. The molecule has 142 valence electrons. The van der Waals surface area contributed by atoms with E-state index in [0.29, 0.717) is 19.4 Å². The SMILES string of the molecule is CCCCCCC(=O)OCC(C)(CN)COC(=O)CCCCCC. The van der Waals surface area contributed by atoms with Crippen LogP contribution in [0.25, 0.3) is 0 Å². The van der Waals surface area contributed by atoms with Crippen molar-refractivity contribution >= 4 is 11.9 Å². The molecule has 5 nitrogen and oxygen atoms in total. The van der Waals surface area contributed by atoms with Gasteiger partial charge in [0.25, 0.3) is 0 Å². The van der Waals surface area contributed by atoms with Crippen molar-refractivity contribution < 1.29 is 19.1 Å². The minimum atomic E-state index is -0.516. The molecule has 0 amide bonds. The van der Waals surface area contributed by atoms with Crippen LogP contribution in [0, 0.1) is 5.41 Å². The highest BCUT2D eigenvalue weighted by atomic mass is 16.5. The molecule has 24 heavy (non-hydrogen) atoms. The van der Waals surface area contributed by atoms with Gasteiger partial charge in [0.1, 0.15) is 13.2 Å². The third-order valence-corrected chi connectivity index (χ3v) is 4.12. The van der Waals surface area contributed by atoms with Crippen molar-refractivity contribution in [1.82, 2.24) is 0 Å². The van der Waals surface area contributed by atoms with E-state index in [9.17, 15) is 9.59 Å². The van der Waals surface area contributed by atoms with Crippen LogP contribution in [0.4, 0.5) is 0 Å². The summed E-state index contributed by atoms with van der Waals surface area (Å²) in [4.78, 5) is 23.5. The molecule has 0 fully saturated rings. The van der Waals surface area contributed by atoms with Crippen LogP contribution in [0.5, 0.6) is 0 Å². The zero-order valence-corrected chi connectivity index (χ0v) is 15.9. The van der Waals surface area contributed by atoms with E-state index in [2.05, 4.69) is 13.8 Å². The second-order valence-corrected chi connectivity index (χ2v) is 6.96. The molecule has 2 N–H and O–H groups in total. The fraction of sp³-hybridized carbons (Fsp3) is 0.895. The highest BCUT2D eigenvalue weighted by molar-refractivity contribution is 5.69. The van der Waals surface area contributed by atoms with Crippen LogP contribution in [0.15, 0.2) is 0 Å². The molecule has 0 rings (SSSR count). The molecule has 5 heteroatoms. The average Bonchev–Trinajstić information content (AvgIpc) is 2.59. The number of carbonyl (C=O) groups excluding carboxylic acids is 2. The maximum absolute atomic E-state index is 11.7. The van der Waals surface area contributed by atoms with Crippen LogP contribution in [0.2, 0.25) is 0 Å². The highest BCUT2D eigenvalue weighted by Gasteiger charge is 2.27. The van der Waals surface area contributed by atoms with Crippen LogP contribution < -0.4 is 5.73 Å². The fourth-order valence-corrected chi connectivity index (χ4v) is 2.21. The zero-order valence-electron chi connectivity index (χ0n) is 15.9. The van der Waals surface area contributed by atoms with Crippen LogP contribution in [-0.4, -0.2) is 31.7 Å². The number of rotatable bonds is 15. The average molecular weight is 344 g/mol. The maximum Gasteiger partial charge on any atom is 0.305 e. The minimum Gasteiger partial charge on any atom is -0.465 e. The number of hydrogen-bond donors (Lipinski definition) is 1. The Kier molecular flexibility index (Phi) is 13.6. The van der Waals surface area contributed by atoms with Gasteiger partial charge in [-0.15, -0.1) is 0 Å². The van der Waals surface area contributed by atoms with Crippen molar-refractivity contribution in [3.63, 3.8) is 0 Å². The normalized spacial score (nSPS) is 11.3. The number of hydrogen-bond acceptors (Lipinski definition) is 5. The third-order valence-electron chi connectivity index (χ3n) is 4.12. The van der Waals surface area contributed by atoms with Crippen LogP contribution in [-0.2, 0) is 19.1 Å². The van der Waals surface area contributed by atoms with Gasteiger partial charge in [0.2, 0.25) is 0 Å². The number of carbonyl (C=O) groups is 2. The predicted octanol–water partition coefficient (Wildman–Crippen LogP) is 3.98. The van der Waals surface area contributed by atoms with E-state index in [0.717, 1.165) is 51.4 Å². The summed E-state index contributed by atoms with van der Waals surface area (Å²) in [6.07, 6.45) is 9.27. The molecular weight excluding hydrogens is 306 g/mol. The van der Waals surface area contributed by atoms with E-state index < -0.39 is 5.41 Å². The molecule has 0 saturated carbocycles. The van der Waals surface area contributed by atoms with Gasteiger partial charge in [0.05, 0.1) is 0 Å². The Morgan fingerprint density at radius 2 is 1.21 bits per heavy atom. The smallest absolute Gasteiger partial charge is 0.305 e. The highest BCUT2D eigenvalue weighted by Crippen LogP contribution is 2.17. The first kappa shape index (κ1) is 22.9. The molecule has 0 aliphatic heterocycles. The van der Waals surface area contributed by atoms with E-state index in [1.165, 1.54) is 0 Å². The largest absolute Gasteiger partial charge is 0.465 e. The molecule has 0 aliphatic carbocycles. The predicted molar refractivity (Wildman–Crippen MR) is 96.6 cm³/mol. The summed E-state index contributed by atoms with van der Waals surface area (Å²) >= 11 is 0. The molecule has 0 aromatic heterocycles. The first-order chi connectivity index (χ1) is 11.5. The maximum atomic E-state index is 11.7. The second kappa shape index (κ2) is 14.3. The quantitative estimate of drug-likeness (QED) is 0.359. The molecule has 0 aromatic carbocycles. The molecule has 0 radical (unpaired) electrons. The molecular formula is C19H37NO4. The standard InChI is InChI=1S/C19H37NO4/c1-4-6-8-10-12-17(21)23-15-19(3,14-20)16-24-18(22)13-11-9-7-5-2/h4-16,20H2,1-3H3. The molecule has 0 saturated heterocycles. The Hall–Kier alpha value is -1.10. The zero-order chi connectivity index (χ0) is 18.3. The van der Waals surface area contributed by atoms with Gasteiger partial charge in [-0.05, 0) is 12.8 Å².